The van der Waals surface area contributed by atoms with E-state index in [1.54, 1.807) is 6.07 Å². The Morgan fingerprint density at radius 1 is 1.31 bits per heavy atom. The highest BCUT2D eigenvalue weighted by atomic mass is 35.5. The first-order valence-corrected chi connectivity index (χ1v) is 5.02. The summed E-state index contributed by atoms with van der Waals surface area (Å²) in [5.41, 5.74) is 0.250. The molecule has 0 aliphatic heterocycles. The highest BCUT2D eigenvalue weighted by Crippen LogP contribution is 2.27. The van der Waals surface area contributed by atoms with Crippen LogP contribution in [0.15, 0.2) is 34.7 Å². The highest BCUT2D eigenvalue weighted by Gasteiger charge is 2.12. The lowest BCUT2D eigenvalue weighted by Crippen LogP contribution is -1.86. The lowest BCUT2D eigenvalue weighted by molar-refractivity contribution is 0.0988. The molecule has 0 fully saturated rings. The molecule has 0 radical (unpaired) electrons. The third-order valence-corrected chi connectivity index (χ3v) is 2.38. The number of carbonyl (C=O) groups is 1. The minimum Gasteiger partial charge on any atom is -0.453 e. The van der Waals surface area contributed by atoms with Gasteiger partial charge in [-0.1, -0.05) is 11.6 Å². The van der Waals surface area contributed by atoms with E-state index in [4.69, 9.17) is 16.0 Å². The van der Waals surface area contributed by atoms with Crippen LogP contribution < -0.4 is 0 Å². The molecule has 16 heavy (non-hydrogen) atoms. The van der Waals surface area contributed by atoms with Crippen molar-refractivity contribution in [3.05, 3.63) is 46.9 Å². The number of carbonyl (C=O) groups excluding carboxylic acids is 1. The third kappa shape index (κ3) is 1.99. The van der Waals surface area contributed by atoms with Gasteiger partial charge in [0, 0.05) is 11.9 Å². The maximum absolute atomic E-state index is 13.5. The maximum atomic E-state index is 13.5. The molecule has 0 spiro atoms. The van der Waals surface area contributed by atoms with Crippen LogP contribution in [0.5, 0.6) is 0 Å². The van der Waals surface area contributed by atoms with Crippen LogP contribution in [0.25, 0.3) is 11.3 Å². The molecule has 0 bridgehead atoms. The average molecular weight is 239 g/mol. The van der Waals surface area contributed by atoms with Crippen LogP contribution in [0.3, 0.4) is 0 Å². The Bertz CT molecular complexity index is 546. The van der Waals surface area contributed by atoms with Gasteiger partial charge < -0.3 is 4.42 Å². The van der Waals surface area contributed by atoms with E-state index in [-0.39, 0.29) is 17.1 Å². The zero-order chi connectivity index (χ0) is 11.7. The molecule has 0 atom stereocenters. The van der Waals surface area contributed by atoms with Gasteiger partial charge in [-0.25, -0.2) is 4.39 Å². The molecule has 0 aliphatic carbocycles. The number of benzene rings is 1. The molecule has 1 aromatic carbocycles. The molecule has 2 rings (SSSR count). The standard InChI is InChI=1S/C12H8ClFO2/c1-7(15)11-4-5-12(16-11)9-6-8(13)2-3-10(9)14/h2-6H,1H3. The molecule has 0 amide bonds. The van der Waals surface area contributed by atoms with E-state index in [0.717, 1.165) is 0 Å². The predicted octanol–water partition coefficient (Wildman–Crippen LogP) is 3.94. The van der Waals surface area contributed by atoms with Gasteiger partial charge >= 0.3 is 0 Å². The summed E-state index contributed by atoms with van der Waals surface area (Å²) in [5.74, 6) is -0.137. The average Bonchev–Trinajstić information content (AvgIpc) is 2.70. The van der Waals surface area contributed by atoms with Crippen LogP contribution in [0.1, 0.15) is 17.5 Å². The summed E-state index contributed by atoms with van der Waals surface area (Å²) in [4.78, 5) is 11.0. The molecule has 1 aromatic heterocycles. The van der Waals surface area contributed by atoms with Crippen LogP contribution in [-0.2, 0) is 0 Å². The Morgan fingerprint density at radius 3 is 2.69 bits per heavy atom. The molecular formula is C12H8ClFO2. The quantitative estimate of drug-likeness (QED) is 0.742. The van der Waals surface area contributed by atoms with E-state index < -0.39 is 5.82 Å². The van der Waals surface area contributed by atoms with Crippen molar-refractivity contribution in [1.29, 1.82) is 0 Å². The zero-order valence-corrected chi connectivity index (χ0v) is 9.22. The SMILES string of the molecule is CC(=O)c1ccc(-c2cc(Cl)ccc2F)o1. The molecule has 2 nitrogen and oxygen atoms in total. The monoisotopic (exact) mass is 238 g/mol. The Morgan fingerprint density at radius 2 is 2.06 bits per heavy atom. The first-order valence-electron chi connectivity index (χ1n) is 4.64. The number of rotatable bonds is 2. The number of hydrogen-bond donors (Lipinski definition) is 0. The molecule has 0 aliphatic rings. The molecule has 0 saturated heterocycles. The van der Waals surface area contributed by atoms with Crippen molar-refractivity contribution in [3.63, 3.8) is 0 Å². The van der Waals surface area contributed by atoms with E-state index >= 15 is 0 Å². The number of hydrogen-bond acceptors (Lipinski definition) is 2. The first-order chi connectivity index (χ1) is 7.58. The lowest BCUT2D eigenvalue weighted by atomic mass is 10.1. The number of ketones is 1. The van der Waals surface area contributed by atoms with E-state index in [1.807, 2.05) is 0 Å². The second kappa shape index (κ2) is 4.10. The first kappa shape index (κ1) is 10.9. The van der Waals surface area contributed by atoms with Crippen LogP contribution in [0.2, 0.25) is 5.02 Å². The molecule has 0 saturated carbocycles. The predicted molar refractivity (Wildman–Crippen MR) is 59.1 cm³/mol. The summed E-state index contributed by atoms with van der Waals surface area (Å²) in [6, 6.07) is 7.23. The summed E-state index contributed by atoms with van der Waals surface area (Å²) in [7, 11) is 0. The van der Waals surface area contributed by atoms with Gasteiger partial charge in [-0.2, -0.15) is 0 Å². The highest BCUT2D eigenvalue weighted by molar-refractivity contribution is 6.30. The molecule has 1 heterocycles. The molecule has 0 N–H and O–H groups in total. The second-order valence-electron chi connectivity index (χ2n) is 3.34. The largest absolute Gasteiger partial charge is 0.453 e. The Balaban J connectivity index is 2.50. The topological polar surface area (TPSA) is 30.2 Å². The summed E-state index contributed by atoms with van der Waals surface area (Å²) in [6.45, 7) is 1.39. The number of halogens is 2. The molecule has 4 heteroatoms. The van der Waals surface area contributed by atoms with Crippen LogP contribution in [-0.4, -0.2) is 5.78 Å². The van der Waals surface area contributed by atoms with Gasteiger partial charge in [0.1, 0.15) is 11.6 Å². The number of Topliss-reactive ketones (excluding diaryl/α,β-unsaturated/α-hetero) is 1. The zero-order valence-electron chi connectivity index (χ0n) is 8.46. The Hall–Kier alpha value is -1.61. The van der Waals surface area contributed by atoms with Gasteiger partial charge in [0.25, 0.3) is 0 Å². The smallest absolute Gasteiger partial charge is 0.194 e. The summed E-state index contributed by atoms with van der Waals surface area (Å²) < 4.78 is 18.7. The van der Waals surface area contributed by atoms with Gasteiger partial charge in [-0.3, -0.25) is 4.79 Å². The van der Waals surface area contributed by atoms with Crippen molar-refractivity contribution in [3.8, 4) is 11.3 Å². The van der Waals surface area contributed by atoms with Crippen molar-refractivity contribution >= 4 is 17.4 Å². The minimum atomic E-state index is -0.436. The van der Waals surface area contributed by atoms with Crippen molar-refractivity contribution in [1.82, 2.24) is 0 Å². The molecule has 82 valence electrons. The molecular weight excluding hydrogens is 231 g/mol. The second-order valence-corrected chi connectivity index (χ2v) is 3.78. The minimum absolute atomic E-state index is 0.200. The number of furan rings is 1. The molecule has 0 unspecified atom stereocenters. The van der Waals surface area contributed by atoms with Gasteiger partial charge in [0.15, 0.2) is 11.5 Å². The fourth-order valence-corrected chi connectivity index (χ4v) is 1.53. The Kier molecular flexibility index (Phi) is 2.79. The van der Waals surface area contributed by atoms with E-state index in [0.29, 0.717) is 10.8 Å². The van der Waals surface area contributed by atoms with Crippen LogP contribution in [0, 0.1) is 5.82 Å². The van der Waals surface area contributed by atoms with Crippen molar-refractivity contribution < 1.29 is 13.6 Å². The summed E-state index contributed by atoms with van der Waals surface area (Å²) in [5, 5.41) is 0.414. The van der Waals surface area contributed by atoms with Gasteiger partial charge in [-0.05, 0) is 30.3 Å². The van der Waals surface area contributed by atoms with E-state index in [1.165, 1.54) is 31.2 Å². The fraction of sp³-hybridized carbons (Fsp3) is 0.0833. The van der Waals surface area contributed by atoms with Crippen molar-refractivity contribution in [2.24, 2.45) is 0 Å². The van der Waals surface area contributed by atoms with E-state index in [2.05, 4.69) is 0 Å². The van der Waals surface area contributed by atoms with Crippen LogP contribution in [0.4, 0.5) is 4.39 Å². The lowest BCUT2D eigenvalue weighted by Gasteiger charge is -1.99. The summed E-state index contributed by atoms with van der Waals surface area (Å²) in [6.07, 6.45) is 0. The maximum Gasteiger partial charge on any atom is 0.194 e. The van der Waals surface area contributed by atoms with Crippen molar-refractivity contribution in [2.45, 2.75) is 6.92 Å². The van der Waals surface area contributed by atoms with Crippen LogP contribution >= 0.6 is 11.6 Å². The third-order valence-electron chi connectivity index (χ3n) is 2.15. The Labute approximate surface area is 96.6 Å². The molecule has 2 aromatic rings. The van der Waals surface area contributed by atoms with Gasteiger partial charge in [-0.15, -0.1) is 0 Å². The van der Waals surface area contributed by atoms with Crippen molar-refractivity contribution in [2.75, 3.05) is 0 Å². The van der Waals surface area contributed by atoms with E-state index in [9.17, 15) is 9.18 Å². The summed E-state index contributed by atoms with van der Waals surface area (Å²) >= 11 is 5.76. The fourth-order valence-electron chi connectivity index (χ4n) is 1.36. The van der Waals surface area contributed by atoms with Gasteiger partial charge in [0.05, 0.1) is 5.56 Å². The van der Waals surface area contributed by atoms with Gasteiger partial charge in [0.2, 0.25) is 0 Å². The normalized spacial score (nSPS) is 10.4.